The zero-order chi connectivity index (χ0) is 21.3. The highest BCUT2D eigenvalue weighted by Gasteiger charge is 2.23. The molecule has 1 atom stereocenters. The lowest BCUT2D eigenvalue weighted by Crippen LogP contribution is -2.50. The predicted molar refractivity (Wildman–Crippen MR) is 114 cm³/mol. The highest BCUT2D eigenvalue weighted by atomic mass is 35.5. The maximum atomic E-state index is 9.53. The second-order valence-corrected chi connectivity index (χ2v) is 7.24. The second-order valence-electron chi connectivity index (χ2n) is 6.87. The quantitative estimate of drug-likeness (QED) is 0.578. The molecule has 0 spiro atoms. The molecule has 2 aromatic heterocycles. The van der Waals surface area contributed by atoms with Crippen LogP contribution >= 0.6 is 11.6 Å². The number of benzene rings is 1. The SMILES string of the molecule is CNc1nc(Nc2cc(C#N)cc(N3CCNC[C@@H]3C)c2Cl)nc2c(C#N)cnn12. The number of piperazine rings is 1. The summed E-state index contributed by atoms with van der Waals surface area (Å²) in [5.74, 6) is 0.646. The third-order valence-electron chi connectivity index (χ3n) is 4.95. The average Bonchev–Trinajstić information content (AvgIpc) is 3.18. The minimum Gasteiger partial charge on any atom is -0.365 e. The van der Waals surface area contributed by atoms with Crippen molar-refractivity contribution in [1.82, 2.24) is 24.9 Å². The Morgan fingerprint density at radius 2 is 2.10 bits per heavy atom. The van der Waals surface area contributed by atoms with E-state index in [1.807, 2.05) is 0 Å². The summed E-state index contributed by atoms with van der Waals surface area (Å²) in [7, 11) is 1.70. The topological polar surface area (TPSA) is 130 Å². The van der Waals surface area contributed by atoms with E-state index in [9.17, 15) is 10.5 Å². The van der Waals surface area contributed by atoms with E-state index in [1.165, 1.54) is 10.7 Å². The fourth-order valence-electron chi connectivity index (χ4n) is 3.47. The van der Waals surface area contributed by atoms with Gasteiger partial charge in [-0.05, 0) is 19.1 Å². The van der Waals surface area contributed by atoms with Gasteiger partial charge in [0, 0.05) is 32.7 Å². The molecule has 3 N–H and O–H groups in total. The predicted octanol–water partition coefficient (Wildman–Crippen LogP) is 2.10. The first-order valence-corrected chi connectivity index (χ1v) is 9.75. The number of anilines is 4. The number of nitrogens with one attached hydrogen (secondary N) is 3. The molecule has 10 nitrogen and oxygen atoms in total. The van der Waals surface area contributed by atoms with Crippen LogP contribution in [-0.2, 0) is 0 Å². The first-order valence-electron chi connectivity index (χ1n) is 9.37. The van der Waals surface area contributed by atoms with Gasteiger partial charge in [0.15, 0.2) is 5.65 Å². The van der Waals surface area contributed by atoms with Crippen molar-refractivity contribution in [3.8, 4) is 12.1 Å². The van der Waals surface area contributed by atoms with Crippen LogP contribution in [0.2, 0.25) is 5.02 Å². The molecule has 0 bridgehead atoms. The molecule has 0 saturated carbocycles. The molecule has 0 amide bonds. The Kier molecular flexibility index (Phi) is 5.27. The molecule has 3 aromatic rings. The van der Waals surface area contributed by atoms with Gasteiger partial charge in [-0.2, -0.15) is 30.1 Å². The Balaban J connectivity index is 1.79. The van der Waals surface area contributed by atoms with Crippen LogP contribution < -0.4 is 20.9 Å². The van der Waals surface area contributed by atoms with E-state index >= 15 is 0 Å². The first kappa shape index (κ1) is 19.7. The number of nitriles is 2. The molecule has 152 valence electrons. The number of hydrogen-bond donors (Lipinski definition) is 3. The van der Waals surface area contributed by atoms with Crippen LogP contribution in [-0.4, -0.2) is 52.3 Å². The number of hydrogen-bond acceptors (Lipinski definition) is 9. The summed E-state index contributed by atoms with van der Waals surface area (Å²) in [6.45, 7) is 4.56. The molecule has 0 aliphatic carbocycles. The third-order valence-corrected chi connectivity index (χ3v) is 5.35. The smallest absolute Gasteiger partial charge is 0.232 e. The standard InChI is InChI=1S/C19H19ClN10/c1-11-9-24-3-4-29(11)15-6-12(7-21)5-14(16(15)20)26-18-27-17-13(8-22)10-25-30(17)19(23-2)28-18/h5-6,10-11,24H,3-4,9H2,1-2H3,(H2,23,26,27,28)/t11-/m0/s1. The summed E-state index contributed by atoms with van der Waals surface area (Å²) in [5.41, 5.74) is 2.46. The zero-order valence-electron chi connectivity index (χ0n) is 16.4. The minimum atomic E-state index is 0.228. The number of nitrogens with zero attached hydrogens (tertiary/aromatic N) is 7. The molecular weight excluding hydrogens is 404 g/mol. The van der Waals surface area contributed by atoms with E-state index in [0.717, 1.165) is 25.3 Å². The van der Waals surface area contributed by atoms with Crippen molar-refractivity contribution in [1.29, 1.82) is 10.5 Å². The van der Waals surface area contributed by atoms with E-state index < -0.39 is 0 Å². The Hall–Kier alpha value is -3.60. The normalized spacial score (nSPS) is 16.2. The van der Waals surface area contributed by atoms with Crippen molar-refractivity contribution in [2.75, 3.05) is 42.2 Å². The molecule has 1 aliphatic rings. The lowest BCUT2D eigenvalue weighted by atomic mass is 10.1. The van der Waals surface area contributed by atoms with Gasteiger partial charge in [0.05, 0.1) is 34.2 Å². The van der Waals surface area contributed by atoms with E-state index in [4.69, 9.17) is 11.6 Å². The van der Waals surface area contributed by atoms with Crippen LogP contribution in [0.1, 0.15) is 18.1 Å². The van der Waals surface area contributed by atoms with Crippen molar-refractivity contribution >= 4 is 40.5 Å². The molecule has 4 rings (SSSR count). The fourth-order valence-corrected chi connectivity index (χ4v) is 3.73. The summed E-state index contributed by atoms with van der Waals surface area (Å²) in [4.78, 5) is 11.0. The van der Waals surface area contributed by atoms with Gasteiger partial charge in [0.25, 0.3) is 0 Å². The molecule has 0 unspecified atom stereocenters. The lowest BCUT2D eigenvalue weighted by molar-refractivity contribution is 0.501. The van der Waals surface area contributed by atoms with Crippen molar-refractivity contribution in [3.63, 3.8) is 0 Å². The van der Waals surface area contributed by atoms with Gasteiger partial charge in [-0.15, -0.1) is 0 Å². The molecule has 0 radical (unpaired) electrons. The molecule has 3 heterocycles. The van der Waals surface area contributed by atoms with Gasteiger partial charge >= 0.3 is 0 Å². The van der Waals surface area contributed by atoms with Crippen molar-refractivity contribution in [2.45, 2.75) is 13.0 Å². The Morgan fingerprint density at radius 3 is 2.80 bits per heavy atom. The number of aromatic nitrogens is 4. The number of halogens is 1. The van der Waals surface area contributed by atoms with Gasteiger partial charge in [-0.25, -0.2) is 0 Å². The summed E-state index contributed by atoms with van der Waals surface area (Å²) in [5, 5.41) is 32.9. The van der Waals surface area contributed by atoms with Crippen molar-refractivity contribution in [2.24, 2.45) is 0 Å². The molecule has 1 fully saturated rings. The molecule has 1 aliphatic heterocycles. The van der Waals surface area contributed by atoms with Gasteiger partial charge in [0.2, 0.25) is 11.9 Å². The Labute approximate surface area is 178 Å². The van der Waals surface area contributed by atoms with E-state index in [0.29, 0.717) is 33.4 Å². The van der Waals surface area contributed by atoms with E-state index in [-0.39, 0.29) is 12.0 Å². The third kappa shape index (κ3) is 3.43. The van der Waals surface area contributed by atoms with Crippen LogP contribution in [0.3, 0.4) is 0 Å². The van der Waals surface area contributed by atoms with Crippen LogP contribution in [0.5, 0.6) is 0 Å². The molecule has 11 heteroatoms. The van der Waals surface area contributed by atoms with Crippen LogP contribution in [0.4, 0.5) is 23.3 Å². The summed E-state index contributed by atoms with van der Waals surface area (Å²) in [6, 6.07) is 7.94. The Morgan fingerprint density at radius 1 is 1.27 bits per heavy atom. The zero-order valence-corrected chi connectivity index (χ0v) is 17.2. The second kappa shape index (κ2) is 8.03. The average molecular weight is 423 g/mol. The largest absolute Gasteiger partial charge is 0.365 e. The Bertz CT molecular complexity index is 1190. The monoisotopic (exact) mass is 422 g/mol. The number of rotatable bonds is 4. The molecule has 30 heavy (non-hydrogen) atoms. The maximum Gasteiger partial charge on any atom is 0.232 e. The summed E-state index contributed by atoms with van der Waals surface area (Å²) < 4.78 is 1.45. The van der Waals surface area contributed by atoms with Crippen molar-refractivity contribution in [3.05, 3.63) is 34.5 Å². The molecule has 1 saturated heterocycles. The van der Waals surface area contributed by atoms with Crippen molar-refractivity contribution < 1.29 is 0 Å². The lowest BCUT2D eigenvalue weighted by Gasteiger charge is -2.36. The van der Waals surface area contributed by atoms with Gasteiger partial charge in [-0.3, -0.25) is 0 Å². The van der Waals surface area contributed by atoms with Crippen LogP contribution in [0.25, 0.3) is 5.65 Å². The van der Waals surface area contributed by atoms with E-state index in [1.54, 1.807) is 19.2 Å². The van der Waals surface area contributed by atoms with Gasteiger partial charge < -0.3 is 20.9 Å². The minimum absolute atomic E-state index is 0.228. The number of fused-ring (bicyclic) bond motifs is 1. The summed E-state index contributed by atoms with van der Waals surface area (Å²) >= 11 is 6.74. The van der Waals surface area contributed by atoms with Gasteiger partial charge in [-0.1, -0.05) is 11.6 Å². The van der Waals surface area contributed by atoms with E-state index in [2.05, 4.69) is 55.0 Å². The van der Waals surface area contributed by atoms with Crippen LogP contribution in [0.15, 0.2) is 18.3 Å². The highest BCUT2D eigenvalue weighted by molar-refractivity contribution is 6.36. The fraction of sp³-hybridized carbons (Fsp3) is 0.316. The van der Waals surface area contributed by atoms with Crippen LogP contribution in [0, 0.1) is 22.7 Å². The highest BCUT2D eigenvalue weighted by Crippen LogP contribution is 2.37. The summed E-state index contributed by atoms with van der Waals surface area (Å²) in [6.07, 6.45) is 1.43. The first-order chi connectivity index (χ1) is 14.5. The molecule has 1 aromatic carbocycles. The maximum absolute atomic E-state index is 9.53. The molecular formula is C19H19ClN10. The van der Waals surface area contributed by atoms with Gasteiger partial charge in [0.1, 0.15) is 11.6 Å².